The van der Waals surface area contributed by atoms with Crippen molar-refractivity contribution in [1.29, 1.82) is 0 Å². The summed E-state index contributed by atoms with van der Waals surface area (Å²) in [6, 6.07) is 8.49. The summed E-state index contributed by atoms with van der Waals surface area (Å²) in [7, 11) is 1.55. The highest BCUT2D eigenvalue weighted by molar-refractivity contribution is 5.97. The number of ether oxygens (including phenoxy) is 1. The van der Waals surface area contributed by atoms with Crippen LogP contribution in [0.1, 0.15) is 15.9 Å². The first kappa shape index (κ1) is 13.7. The van der Waals surface area contributed by atoms with Gasteiger partial charge in [0.15, 0.2) is 0 Å². The second-order valence-electron chi connectivity index (χ2n) is 4.13. The number of methoxy groups -OCH3 is 1. The second kappa shape index (κ2) is 5.92. The molecule has 0 bridgehead atoms. The quantitative estimate of drug-likeness (QED) is 0.721. The highest BCUT2D eigenvalue weighted by Crippen LogP contribution is 2.23. The lowest BCUT2D eigenvalue weighted by Crippen LogP contribution is -2.07. The van der Waals surface area contributed by atoms with Gasteiger partial charge in [0.1, 0.15) is 0 Å². The molecule has 1 aromatic carbocycles. The molecule has 1 heterocycles. The van der Waals surface area contributed by atoms with E-state index in [0.717, 1.165) is 5.56 Å². The van der Waals surface area contributed by atoms with Gasteiger partial charge in [-0.05, 0) is 23.8 Å². The predicted octanol–water partition coefficient (Wildman–Crippen LogP) is 1.98. The van der Waals surface area contributed by atoms with E-state index in [0.29, 0.717) is 18.1 Å². The summed E-state index contributed by atoms with van der Waals surface area (Å²) in [5.41, 5.74) is 7.67. The molecule has 1 aromatic heterocycles. The first-order valence-electron chi connectivity index (χ1n) is 5.96. The third-order valence-corrected chi connectivity index (χ3v) is 2.83. The number of nitrogens with zero attached hydrogens (tertiary/aromatic N) is 1. The number of benzene rings is 1. The summed E-state index contributed by atoms with van der Waals surface area (Å²) in [5, 5.41) is 12.1. The summed E-state index contributed by atoms with van der Waals surface area (Å²) < 4.78 is 5.04. The predicted molar refractivity (Wildman–Crippen MR) is 75.9 cm³/mol. The molecule has 0 saturated carbocycles. The molecule has 0 aliphatic heterocycles. The molecule has 0 fully saturated rings. The van der Waals surface area contributed by atoms with Gasteiger partial charge in [-0.15, -0.1) is 0 Å². The average Bonchev–Trinajstić information content (AvgIpc) is 2.46. The lowest BCUT2D eigenvalue weighted by molar-refractivity contribution is 0.0698. The lowest BCUT2D eigenvalue weighted by atomic mass is 10.1. The molecular formula is C14H15N3O3. The van der Waals surface area contributed by atoms with E-state index in [1.807, 2.05) is 6.07 Å². The minimum atomic E-state index is -1.04. The number of carboxylic acid groups (broad SMARTS) is 1. The van der Waals surface area contributed by atoms with Crippen molar-refractivity contribution in [2.45, 2.75) is 6.54 Å². The smallest absolute Gasteiger partial charge is 0.337 e. The standard InChI is InChI=1S/C14H15N3O3/c1-20-12-7-9(5-6-16-12)8-17-11-4-2-3-10(13(11)15)14(18)19/h2-7,17H,8,15H2,1H3,(H,18,19). The van der Waals surface area contributed by atoms with Crippen LogP contribution in [0, 0.1) is 0 Å². The van der Waals surface area contributed by atoms with Gasteiger partial charge in [0.25, 0.3) is 0 Å². The second-order valence-corrected chi connectivity index (χ2v) is 4.13. The summed E-state index contributed by atoms with van der Waals surface area (Å²) >= 11 is 0. The molecule has 2 rings (SSSR count). The van der Waals surface area contributed by atoms with Crippen molar-refractivity contribution in [3.05, 3.63) is 47.7 Å². The minimum Gasteiger partial charge on any atom is -0.481 e. The first-order chi connectivity index (χ1) is 9.61. The molecule has 2 aromatic rings. The third kappa shape index (κ3) is 2.97. The third-order valence-electron chi connectivity index (χ3n) is 2.83. The van der Waals surface area contributed by atoms with Crippen LogP contribution in [0.5, 0.6) is 5.88 Å². The molecule has 0 spiro atoms. The van der Waals surface area contributed by atoms with E-state index in [9.17, 15) is 4.79 Å². The SMILES string of the molecule is COc1cc(CNc2cccc(C(=O)O)c2N)ccn1. The van der Waals surface area contributed by atoms with Crippen LogP contribution < -0.4 is 15.8 Å². The maximum Gasteiger partial charge on any atom is 0.337 e. The number of aromatic carboxylic acids is 1. The summed E-state index contributed by atoms with van der Waals surface area (Å²) in [6.45, 7) is 0.492. The van der Waals surface area contributed by atoms with Crippen molar-refractivity contribution in [3.8, 4) is 5.88 Å². The number of rotatable bonds is 5. The Balaban J connectivity index is 2.14. The molecule has 104 valence electrons. The van der Waals surface area contributed by atoms with Gasteiger partial charge in [-0.2, -0.15) is 0 Å². The Morgan fingerprint density at radius 2 is 2.25 bits per heavy atom. The Hall–Kier alpha value is -2.76. The molecule has 0 amide bonds. The zero-order valence-electron chi connectivity index (χ0n) is 11.0. The molecule has 0 aliphatic carbocycles. The number of pyridine rings is 1. The number of nitrogen functional groups attached to an aromatic ring is 1. The van der Waals surface area contributed by atoms with Gasteiger partial charge < -0.3 is 20.9 Å². The molecule has 4 N–H and O–H groups in total. The van der Waals surface area contributed by atoms with Crippen molar-refractivity contribution in [2.24, 2.45) is 0 Å². The maximum atomic E-state index is 11.0. The summed E-state index contributed by atoms with van der Waals surface area (Å²) in [6.07, 6.45) is 1.65. The van der Waals surface area contributed by atoms with Gasteiger partial charge in [0.05, 0.1) is 24.0 Å². The summed E-state index contributed by atoms with van der Waals surface area (Å²) in [4.78, 5) is 15.0. The molecule has 0 unspecified atom stereocenters. The van der Waals surface area contributed by atoms with Crippen molar-refractivity contribution in [2.75, 3.05) is 18.2 Å². The molecule has 0 radical (unpaired) electrons. The van der Waals surface area contributed by atoms with Crippen LogP contribution >= 0.6 is 0 Å². The number of nitrogens with one attached hydrogen (secondary N) is 1. The number of aromatic nitrogens is 1. The largest absolute Gasteiger partial charge is 0.481 e. The zero-order chi connectivity index (χ0) is 14.5. The van der Waals surface area contributed by atoms with E-state index in [1.165, 1.54) is 6.07 Å². The molecular weight excluding hydrogens is 258 g/mol. The highest BCUT2D eigenvalue weighted by Gasteiger charge is 2.10. The Kier molecular flexibility index (Phi) is 4.05. The van der Waals surface area contributed by atoms with E-state index in [2.05, 4.69) is 10.3 Å². The fourth-order valence-electron chi connectivity index (χ4n) is 1.78. The van der Waals surface area contributed by atoms with Crippen molar-refractivity contribution < 1.29 is 14.6 Å². The molecule has 6 nitrogen and oxygen atoms in total. The monoisotopic (exact) mass is 273 g/mol. The number of carboxylic acids is 1. The summed E-state index contributed by atoms with van der Waals surface area (Å²) in [5.74, 6) is -0.520. The van der Waals surface area contributed by atoms with E-state index >= 15 is 0 Å². The van der Waals surface area contributed by atoms with Crippen LogP contribution in [0.3, 0.4) is 0 Å². The Morgan fingerprint density at radius 1 is 1.45 bits per heavy atom. The van der Waals surface area contributed by atoms with Crippen LogP contribution in [0.4, 0.5) is 11.4 Å². The molecule has 0 saturated heterocycles. The van der Waals surface area contributed by atoms with Gasteiger partial charge in [-0.25, -0.2) is 9.78 Å². The van der Waals surface area contributed by atoms with Crippen LogP contribution in [0.25, 0.3) is 0 Å². The Bertz CT molecular complexity index is 629. The zero-order valence-corrected chi connectivity index (χ0v) is 11.0. The molecule has 20 heavy (non-hydrogen) atoms. The maximum absolute atomic E-state index is 11.0. The topological polar surface area (TPSA) is 97.5 Å². The fraction of sp³-hybridized carbons (Fsp3) is 0.143. The van der Waals surface area contributed by atoms with Crippen LogP contribution in [-0.2, 0) is 6.54 Å². The van der Waals surface area contributed by atoms with Crippen LogP contribution in [-0.4, -0.2) is 23.2 Å². The van der Waals surface area contributed by atoms with Gasteiger partial charge in [-0.1, -0.05) is 6.07 Å². The minimum absolute atomic E-state index is 0.0855. The van der Waals surface area contributed by atoms with E-state index < -0.39 is 5.97 Å². The lowest BCUT2D eigenvalue weighted by Gasteiger charge is -2.11. The van der Waals surface area contributed by atoms with Gasteiger partial charge in [-0.3, -0.25) is 0 Å². The van der Waals surface area contributed by atoms with E-state index in [1.54, 1.807) is 31.5 Å². The van der Waals surface area contributed by atoms with Crippen molar-refractivity contribution in [3.63, 3.8) is 0 Å². The number of nitrogens with two attached hydrogens (primary N) is 1. The number of para-hydroxylation sites is 1. The van der Waals surface area contributed by atoms with Crippen molar-refractivity contribution in [1.82, 2.24) is 4.98 Å². The van der Waals surface area contributed by atoms with Crippen molar-refractivity contribution >= 4 is 17.3 Å². The highest BCUT2D eigenvalue weighted by atomic mass is 16.5. The van der Waals surface area contributed by atoms with E-state index in [-0.39, 0.29) is 11.3 Å². The van der Waals surface area contributed by atoms with Crippen LogP contribution in [0.2, 0.25) is 0 Å². The number of hydrogen-bond acceptors (Lipinski definition) is 5. The molecule has 0 aliphatic rings. The van der Waals surface area contributed by atoms with Gasteiger partial charge >= 0.3 is 5.97 Å². The Labute approximate surface area is 116 Å². The normalized spacial score (nSPS) is 10.1. The fourth-order valence-corrected chi connectivity index (χ4v) is 1.78. The van der Waals surface area contributed by atoms with Gasteiger partial charge in [0, 0.05) is 18.8 Å². The number of anilines is 2. The molecule has 0 atom stereocenters. The van der Waals surface area contributed by atoms with Gasteiger partial charge in [0.2, 0.25) is 5.88 Å². The first-order valence-corrected chi connectivity index (χ1v) is 5.96. The average molecular weight is 273 g/mol. The van der Waals surface area contributed by atoms with E-state index in [4.69, 9.17) is 15.6 Å². The number of hydrogen-bond donors (Lipinski definition) is 3. The Morgan fingerprint density at radius 3 is 2.95 bits per heavy atom. The molecule has 6 heteroatoms. The van der Waals surface area contributed by atoms with Crippen LogP contribution in [0.15, 0.2) is 36.5 Å². The number of carbonyl (C=O) groups is 1.